The quantitative estimate of drug-likeness (QED) is 0.440. The number of carbonyl (C=O) groups excluding carboxylic acids is 1. The predicted molar refractivity (Wildman–Crippen MR) is 128 cm³/mol. The summed E-state index contributed by atoms with van der Waals surface area (Å²) < 4.78 is 28.4. The van der Waals surface area contributed by atoms with E-state index in [0.29, 0.717) is 24.8 Å². The third-order valence-electron chi connectivity index (χ3n) is 4.81. The highest BCUT2D eigenvalue weighted by Gasteiger charge is 2.28. The second-order valence-electron chi connectivity index (χ2n) is 7.51. The molecule has 3 aromatic rings. The molecule has 3 rings (SSSR count). The Labute approximate surface area is 192 Å². The van der Waals surface area contributed by atoms with Gasteiger partial charge in [0.1, 0.15) is 4.90 Å². The largest absolute Gasteiger partial charge is 0.284 e. The van der Waals surface area contributed by atoms with Crippen LogP contribution in [0.4, 0.5) is 5.13 Å². The first kappa shape index (κ1) is 23.7. The number of hydrogen-bond donors (Lipinski definition) is 0. The minimum absolute atomic E-state index is 0.0579. The van der Waals surface area contributed by atoms with Gasteiger partial charge in [-0.3, -0.25) is 9.69 Å². The molecule has 0 aliphatic carbocycles. The summed E-state index contributed by atoms with van der Waals surface area (Å²) in [7, 11) is -3.80. The van der Waals surface area contributed by atoms with Gasteiger partial charge in [0.15, 0.2) is 5.13 Å². The first-order chi connectivity index (χ1) is 14.7. The molecule has 0 unspecified atom stereocenters. The Morgan fingerprint density at radius 3 is 2.42 bits per heavy atom. The topological polar surface area (TPSA) is 70.6 Å². The molecule has 1 aromatic heterocycles. The maximum atomic E-state index is 13.5. The van der Waals surface area contributed by atoms with Gasteiger partial charge in [0.25, 0.3) is 5.91 Å². The van der Waals surface area contributed by atoms with Gasteiger partial charge in [-0.2, -0.15) is 4.31 Å². The Kier molecular flexibility index (Phi) is 7.36. The summed E-state index contributed by atoms with van der Waals surface area (Å²) in [4.78, 5) is 19.7. The average molecular weight is 480 g/mol. The molecule has 166 valence electrons. The van der Waals surface area contributed by atoms with E-state index in [-0.39, 0.29) is 27.3 Å². The fourth-order valence-corrected chi connectivity index (χ4v) is 6.21. The van der Waals surface area contributed by atoms with Crippen molar-refractivity contribution in [3.05, 3.63) is 53.1 Å². The monoisotopic (exact) mass is 479 g/mol. The van der Waals surface area contributed by atoms with E-state index in [1.54, 1.807) is 24.8 Å². The summed E-state index contributed by atoms with van der Waals surface area (Å²) in [6.45, 7) is 8.66. The van der Waals surface area contributed by atoms with Gasteiger partial charge < -0.3 is 0 Å². The van der Waals surface area contributed by atoms with E-state index < -0.39 is 10.0 Å². The molecule has 0 saturated heterocycles. The lowest BCUT2D eigenvalue weighted by molar-refractivity contribution is 0.0983. The van der Waals surface area contributed by atoms with Gasteiger partial charge in [-0.05, 0) is 36.2 Å². The normalized spacial score (nSPS) is 12.1. The molecule has 0 spiro atoms. The van der Waals surface area contributed by atoms with Crippen LogP contribution >= 0.6 is 22.9 Å². The van der Waals surface area contributed by atoms with Crippen molar-refractivity contribution in [3.8, 4) is 0 Å². The van der Waals surface area contributed by atoms with E-state index in [0.717, 1.165) is 10.2 Å². The molecule has 6 nitrogen and oxygen atoms in total. The summed E-state index contributed by atoms with van der Waals surface area (Å²) in [5.74, 6) is -0.109. The van der Waals surface area contributed by atoms with Gasteiger partial charge in [0.05, 0.1) is 15.2 Å². The first-order valence-electron chi connectivity index (χ1n) is 10.2. The highest BCUT2D eigenvalue weighted by atomic mass is 35.5. The van der Waals surface area contributed by atoms with Crippen LogP contribution in [0.2, 0.25) is 5.02 Å². The van der Waals surface area contributed by atoms with Crippen LogP contribution < -0.4 is 4.90 Å². The van der Waals surface area contributed by atoms with Crippen LogP contribution in [0.25, 0.3) is 10.2 Å². The number of para-hydroxylation sites is 1. The summed E-state index contributed by atoms with van der Waals surface area (Å²) in [6, 6.07) is 12.1. The molecule has 0 aliphatic rings. The summed E-state index contributed by atoms with van der Waals surface area (Å²) in [6.07, 6.45) is 0. The number of halogens is 1. The van der Waals surface area contributed by atoms with Crippen LogP contribution in [0.1, 0.15) is 38.1 Å². The molecule has 31 heavy (non-hydrogen) atoms. The van der Waals surface area contributed by atoms with Crippen LogP contribution in [0.3, 0.4) is 0 Å². The minimum atomic E-state index is -3.80. The van der Waals surface area contributed by atoms with Gasteiger partial charge >= 0.3 is 0 Å². The van der Waals surface area contributed by atoms with Crippen LogP contribution in [0, 0.1) is 5.92 Å². The average Bonchev–Trinajstić information content (AvgIpc) is 3.16. The number of rotatable bonds is 8. The molecule has 0 atom stereocenters. The number of fused-ring (bicyclic) bond motifs is 1. The number of nitrogens with zero attached hydrogens (tertiary/aromatic N) is 3. The molecular formula is C22H26ClN3O3S2. The van der Waals surface area contributed by atoms with Crippen molar-refractivity contribution in [2.24, 2.45) is 5.92 Å². The second kappa shape index (κ2) is 9.65. The summed E-state index contributed by atoms with van der Waals surface area (Å²) in [5.41, 5.74) is 1.08. The van der Waals surface area contributed by atoms with E-state index in [4.69, 9.17) is 11.6 Å². The Morgan fingerprint density at radius 1 is 1.13 bits per heavy atom. The van der Waals surface area contributed by atoms with E-state index in [2.05, 4.69) is 4.98 Å². The summed E-state index contributed by atoms with van der Waals surface area (Å²) in [5, 5.41) is 0.682. The van der Waals surface area contributed by atoms with Gasteiger partial charge in [0, 0.05) is 25.2 Å². The Morgan fingerprint density at radius 2 is 1.81 bits per heavy atom. The lowest BCUT2D eigenvalue weighted by Crippen LogP contribution is -2.35. The number of benzene rings is 2. The smallest absolute Gasteiger partial charge is 0.260 e. The zero-order valence-corrected chi connectivity index (χ0v) is 20.4. The molecule has 0 N–H and O–H groups in total. The highest BCUT2D eigenvalue weighted by molar-refractivity contribution is 7.89. The van der Waals surface area contributed by atoms with Crippen molar-refractivity contribution in [3.63, 3.8) is 0 Å². The number of sulfonamides is 1. The lowest BCUT2D eigenvalue weighted by atomic mass is 10.1. The van der Waals surface area contributed by atoms with Gasteiger partial charge in [-0.1, -0.05) is 62.8 Å². The third-order valence-corrected chi connectivity index (χ3v) is 8.40. The molecule has 0 fully saturated rings. The Hall–Kier alpha value is -2.00. The molecule has 0 bridgehead atoms. The molecular weight excluding hydrogens is 454 g/mol. The fraction of sp³-hybridized carbons (Fsp3) is 0.364. The number of amides is 1. The van der Waals surface area contributed by atoms with Crippen molar-refractivity contribution in [1.82, 2.24) is 9.29 Å². The lowest BCUT2D eigenvalue weighted by Gasteiger charge is -2.23. The SMILES string of the molecule is CCN(CC)S(=O)(=O)c1cc(C(=O)N(CC(C)C)c2nc3ccccc3s2)ccc1Cl. The van der Waals surface area contributed by atoms with Crippen LogP contribution in [-0.2, 0) is 10.0 Å². The maximum absolute atomic E-state index is 13.5. The highest BCUT2D eigenvalue weighted by Crippen LogP contribution is 2.31. The predicted octanol–water partition coefficient (Wildman–Crippen LogP) is 5.28. The van der Waals surface area contributed by atoms with Crippen LogP contribution in [0.5, 0.6) is 0 Å². The van der Waals surface area contributed by atoms with Crippen molar-refractivity contribution in [1.29, 1.82) is 0 Å². The van der Waals surface area contributed by atoms with Gasteiger partial charge in [0.2, 0.25) is 10.0 Å². The van der Waals surface area contributed by atoms with Crippen molar-refractivity contribution in [2.75, 3.05) is 24.5 Å². The molecule has 9 heteroatoms. The van der Waals surface area contributed by atoms with Crippen molar-refractivity contribution < 1.29 is 13.2 Å². The van der Waals surface area contributed by atoms with E-state index in [9.17, 15) is 13.2 Å². The second-order valence-corrected chi connectivity index (χ2v) is 10.8. The molecule has 2 aromatic carbocycles. The molecule has 1 heterocycles. The molecule has 0 saturated carbocycles. The summed E-state index contributed by atoms with van der Waals surface area (Å²) >= 11 is 7.67. The number of aromatic nitrogens is 1. The van der Waals surface area contributed by atoms with Gasteiger partial charge in [-0.25, -0.2) is 13.4 Å². The molecule has 1 amide bonds. The Bertz CT molecular complexity index is 1150. The number of thiazole rings is 1. The van der Waals surface area contributed by atoms with E-state index in [1.165, 1.54) is 27.8 Å². The van der Waals surface area contributed by atoms with Crippen molar-refractivity contribution >= 4 is 54.2 Å². The van der Waals surface area contributed by atoms with E-state index in [1.807, 2.05) is 38.1 Å². The maximum Gasteiger partial charge on any atom is 0.260 e. The number of carbonyl (C=O) groups is 1. The van der Waals surface area contributed by atoms with Gasteiger partial charge in [-0.15, -0.1) is 0 Å². The van der Waals surface area contributed by atoms with E-state index >= 15 is 0 Å². The van der Waals surface area contributed by atoms with Crippen LogP contribution in [-0.4, -0.2) is 43.2 Å². The zero-order chi connectivity index (χ0) is 22.8. The minimum Gasteiger partial charge on any atom is -0.284 e. The third kappa shape index (κ3) is 4.92. The molecule has 0 radical (unpaired) electrons. The zero-order valence-electron chi connectivity index (χ0n) is 18.0. The Balaban J connectivity index is 2.06. The number of anilines is 1. The standard InChI is InChI=1S/C22H26ClN3O3S2/c1-5-25(6-2)31(28,29)20-13-16(11-12-17(20)23)21(27)26(14-15(3)4)22-24-18-9-7-8-10-19(18)30-22/h7-13,15H,5-6,14H2,1-4H3. The molecule has 0 aliphatic heterocycles. The fourth-order valence-electron chi connectivity index (χ4n) is 3.28. The van der Waals surface area contributed by atoms with Crippen molar-refractivity contribution in [2.45, 2.75) is 32.6 Å². The first-order valence-corrected chi connectivity index (χ1v) is 12.8. The van der Waals surface area contributed by atoms with Crippen LogP contribution in [0.15, 0.2) is 47.4 Å². The number of hydrogen-bond acceptors (Lipinski definition) is 5.